The molecule has 0 saturated carbocycles. The predicted octanol–water partition coefficient (Wildman–Crippen LogP) is 5.74. The molecule has 0 fully saturated rings. The summed E-state index contributed by atoms with van der Waals surface area (Å²) in [6.45, 7) is 2.50. The van der Waals surface area contributed by atoms with Crippen LogP contribution in [0.1, 0.15) is 58.3 Å². The third-order valence-corrected chi connectivity index (χ3v) is 6.06. The summed E-state index contributed by atoms with van der Waals surface area (Å²) in [7, 11) is 0. The van der Waals surface area contributed by atoms with Crippen LogP contribution in [0.25, 0.3) is 0 Å². The smallest absolute Gasteiger partial charge is 0.00201 e. The fraction of sp³-hybridized carbons (Fsp3) is 0.600. The second-order valence-corrected chi connectivity index (χ2v) is 7.14. The highest BCUT2D eigenvalue weighted by Crippen LogP contribution is 2.47. The van der Waals surface area contributed by atoms with E-state index in [1.165, 1.54) is 51.4 Å². The van der Waals surface area contributed by atoms with Crippen molar-refractivity contribution in [2.75, 3.05) is 0 Å². The van der Waals surface area contributed by atoms with Crippen LogP contribution in [0.3, 0.4) is 0 Å². The number of allylic oxidation sites excluding steroid dienone is 8. The van der Waals surface area contributed by atoms with E-state index in [-0.39, 0.29) is 0 Å². The van der Waals surface area contributed by atoms with Crippen molar-refractivity contribution in [1.29, 1.82) is 0 Å². The van der Waals surface area contributed by atoms with Crippen molar-refractivity contribution in [3.63, 3.8) is 0 Å². The molecule has 0 amide bonds. The van der Waals surface area contributed by atoms with Crippen molar-refractivity contribution in [3.05, 3.63) is 46.6 Å². The number of hydrogen-bond acceptors (Lipinski definition) is 0. The van der Waals surface area contributed by atoms with Gasteiger partial charge in [-0.1, -0.05) is 42.4 Å². The molecule has 2 atom stereocenters. The molecule has 4 aliphatic carbocycles. The maximum atomic E-state index is 2.52. The molecule has 0 aromatic heterocycles. The monoisotopic (exact) mass is 266 g/mol. The molecule has 4 aliphatic rings. The van der Waals surface area contributed by atoms with Gasteiger partial charge in [0.15, 0.2) is 0 Å². The van der Waals surface area contributed by atoms with E-state index >= 15 is 0 Å². The SMILES string of the molecule is CC(C1C=CC2=C1CCCC2)C1C=CC2=C1CCCC2. The van der Waals surface area contributed by atoms with E-state index < -0.39 is 0 Å². The van der Waals surface area contributed by atoms with Crippen LogP contribution >= 0.6 is 0 Å². The quantitative estimate of drug-likeness (QED) is 0.598. The van der Waals surface area contributed by atoms with Crippen molar-refractivity contribution in [1.82, 2.24) is 0 Å². The van der Waals surface area contributed by atoms with Crippen molar-refractivity contribution in [3.8, 4) is 0 Å². The van der Waals surface area contributed by atoms with E-state index in [4.69, 9.17) is 0 Å². The first kappa shape index (κ1) is 12.7. The molecule has 0 aromatic carbocycles. The summed E-state index contributed by atoms with van der Waals surface area (Å²) in [5.41, 5.74) is 6.96. The van der Waals surface area contributed by atoms with Gasteiger partial charge in [-0.15, -0.1) is 0 Å². The molecule has 0 spiro atoms. The summed E-state index contributed by atoms with van der Waals surface area (Å²) in [6.07, 6.45) is 21.0. The Bertz CT molecular complexity index is 478. The zero-order valence-electron chi connectivity index (χ0n) is 12.7. The summed E-state index contributed by atoms with van der Waals surface area (Å²) in [6, 6.07) is 0. The van der Waals surface area contributed by atoms with Crippen molar-refractivity contribution in [2.24, 2.45) is 17.8 Å². The predicted molar refractivity (Wildman–Crippen MR) is 85.4 cm³/mol. The Morgan fingerprint density at radius 2 is 1.20 bits per heavy atom. The van der Waals surface area contributed by atoms with E-state index in [0.29, 0.717) is 0 Å². The minimum absolute atomic E-state index is 0.730. The van der Waals surface area contributed by atoms with Crippen molar-refractivity contribution in [2.45, 2.75) is 58.3 Å². The molecular weight excluding hydrogens is 240 g/mol. The Kier molecular flexibility index (Phi) is 3.21. The maximum Gasteiger partial charge on any atom is 0.00201 e. The first-order valence-corrected chi connectivity index (χ1v) is 8.65. The van der Waals surface area contributed by atoms with E-state index in [0.717, 1.165) is 17.8 Å². The lowest BCUT2D eigenvalue weighted by Crippen LogP contribution is -2.21. The summed E-state index contributed by atoms with van der Waals surface area (Å²) in [5.74, 6) is 2.22. The second-order valence-electron chi connectivity index (χ2n) is 7.14. The molecule has 0 radical (unpaired) electrons. The summed E-state index contributed by atoms with van der Waals surface area (Å²) < 4.78 is 0. The normalized spacial score (nSPS) is 33.6. The van der Waals surface area contributed by atoms with Gasteiger partial charge in [0.25, 0.3) is 0 Å². The zero-order valence-corrected chi connectivity index (χ0v) is 12.7. The Balaban J connectivity index is 1.58. The lowest BCUT2D eigenvalue weighted by Gasteiger charge is -2.31. The van der Waals surface area contributed by atoms with E-state index in [1.54, 1.807) is 22.3 Å². The molecule has 4 rings (SSSR count). The highest BCUT2D eigenvalue weighted by atomic mass is 14.4. The Morgan fingerprint density at radius 1 is 0.750 bits per heavy atom. The van der Waals surface area contributed by atoms with Crippen LogP contribution in [0.5, 0.6) is 0 Å². The summed E-state index contributed by atoms with van der Waals surface area (Å²) >= 11 is 0. The zero-order chi connectivity index (χ0) is 13.5. The average molecular weight is 266 g/mol. The van der Waals surface area contributed by atoms with Gasteiger partial charge >= 0.3 is 0 Å². The molecule has 106 valence electrons. The fourth-order valence-corrected chi connectivity index (χ4v) is 4.93. The van der Waals surface area contributed by atoms with Crippen LogP contribution in [0.4, 0.5) is 0 Å². The van der Waals surface area contributed by atoms with Crippen LogP contribution in [-0.4, -0.2) is 0 Å². The molecule has 0 N–H and O–H groups in total. The highest BCUT2D eigenvalue weighted by Gasteiger charge is 2.34. The fourth-order valence-electron chi connectivity index (χ4n) is 4.93. The standard InChI is InChI=1S/C20H26/c1-14(17-12-10-15-6-2-4-8-19(15)17)18-13-11-16-7-3-5-9-20(16)18/h10-14,17-18H,2-9H2,1H3. The Labute approximate surface area is 123 Å². The third kappa shape index (κ3) is 1.96. The van der Waals surface area contributed by atoms with Gasteiger partial charge in [-0.25, -0.2) is 0 Å². The van der Waals surface area contributed by atoms with Gasteiger partial charge in [-0.05, 0) is 68.4 Å². The molecule has 2 unspecified atom stereocenters. The maximum absolute atomic E-state index is 2.52. The van der Waals surface area contributed by atoms with Gasteiger partial charge in [-0.3, -0.25) is 0 Å². The van der Waals surface area contributed by atoms with Crippen LogP contribution < -0.4 is 0 Å². The van der Waals surface area contributed by atoms with Crippen molar-refractivity contribution < 1.29 is 0 Å². The third-order valence-electron chi connectivity index (χ3n) is 6.06. The highest BCUT2D eigenvalue weighted by molar-refractivity contribution is 5.43. The van der Waals surface area contributed by atoms with E-state index in [1.807, 2.05) is 0 Å². The second kappa shape index (κ2) is 5.06. The van der Waals surface area contributed by atoms with Gasteiger partial charge in [0.1, 0.15) is 0 Å². The van der Waals surface area contributed by atoms with Crippen LogP contribution in [-0.2, 0) is 0 Å². The van der Waals surface area contributed by atoms with Gasteiger partial charge in [0.05, 0.1) is 0 Å². The largest absolute Gasteiger partial charge is 0.0768 e. The van der Waals surface area contributed by atoms with Crippen LogP contribution in [0.15, 0.2) is 46.6 Å². The molecule has 0 aromatic rings. The molecule has 0 nitrogen and oxygen atoms in total. The first-order valence-electron chi connectivity index (χ1n) is 8.65. The molecule has 0 saturated heterocycles. The molecule has 0 aliphatic heterocycles. The first-order chi connectivity index (χ1) is 9.84. The molecule has 0 heterocycles. The van der Waals surface area contributed by atoms with Crippen molar-refractivity contribution >= 4 is 0 Å². The summed E-state index contributed by atoms with van der Waals surface area (Å²) in [4.78, 5) is 0. The molecule has 0 bridgehead atoms. The van der Waals surface area contributed by atoms with Gasteiger partial charge < -0.3 is 0 Å². The lowest BCUT2D eigenvalue weighted by atomic mass is 9.73. The minimum Gasteiger partial charge on any atom is -0.0768 e. The molecule has 0 heteroatoms. The van der Waals surface area contributed by atoms with E-state index in [9.17, 15) is 0 Å². The van der Waals surface area contributed by atoms with Gasteiger partial charge in [-0.2, -0.15) is 0 Å². The molecule has 20 heavy (non-hydrogen) atoms. The van der Waals surface area contributed by atoms with Gasteiger partial charge in [0.2, 0.25) is 0 Å². The van der Waals surface area contributed by atoms with Gasteiger partial charge in [0, 0.05) is 11.8 Å². The Morgan fingerprint density at radius 3 is 1.70 bits per heavy atom. The lowest BCUT2D eigenvalue weighted by molar-refractivity contribution is 0.384. The average Bonchev–Trinajstić information content (AvgIpc) is 3.11. The molecular formula is C20H26. The summed E-state index contributed by atoms with van der Waals surface area (Å²) in [5, 5.41) is 0. The van der Waals surface area contributed by atoms with E-state index in [2.05, 4.69) is 31.2 Å². The number of hydrogen-bond donors (Lipinski definition) is 0. The Hall–Kier alpha value is -1.04. The topological polar surface area (TPSA) is 0 Å². The van der Waals surface area contributed by atoms with Crippen LogP contribution in [0.2, 0.25) is 0 Å². The number of rotatable bonds is 2. The van der Waals surface area contributed by atoms with Crippen LogP contribution in [0, 0.1) is 17.8 Å². The minimum atomic E-state index is 0.730.